The van der Waals surface area contributed by atoms with E-state index in [-0.39, 0.29) is 6.04 Å². The molecule has 28 heavy (non-hydrogen) atoms. The first-order chi connectivity index (χ1) is 13.7. The van der Waals surface area contributed by atoms with Gasteiger partial charge in [-0.2, -0.15) is 10.2 Å². The van der Waals surface area contributed by atoms with Crippen molar-refractivity contribution in [2.45, 2.75) is 19.9 Å². The van der Waals surface area contributed by atoms with Gasteiger partial charge in [0.2, 0.25) is 0 Å². The Hall–Kier alpha value is -3.19. The number of fused-ring (bicyclic) bond motifs is 1. The minimum Gasteiger partial charge on any atom is -0.377 e. The minimum atomic E-state index is 0.268. The van der Waals surface area contributed by atoms with Crippen LogP contribution in [0.5, 0.6) is 0 Å². The standard InChI is InChI=1S/C21H22N6O/c1-13-5-3-4-6-15(13)16-11-18(27-9-10-28-12-14(27)2)23-21-19(16)25-26-20(21)17-7-8-22-24-17/h3-8,11,14H,9-10,12H2,1-2H3,(H,22,24)(H,25,26)/t14-/m1/s1. The van der Waals surface area contributed by atoms with Crippen LogP contribution >= 0.6 is 0 Å². The summed E-state index contributed by atoms with van der Waals surface area (Å²) < 4.78 is 5.62. The number of pyridine rings is 1. The van der Waals surface area contributed by atoms with Crippen molar-refractivity contribution >= 4 is 16.9 Å². The molecule has 0 unspecified atom stereocenters. The van der Waals surface area contributed by atoms with Gasteiger partial charge in [-0.1, -0.05) is 24.3 Å². The van der Waals surface area contributed by atoms with E-state index >= 15 is 0 Å². The normalized spacial score (nSPS) is 17.4. The molecule has 3 aromatic heterocycles. The van der Waals surface area contributed by atoms with Crippen molar-refractivity contribution in [1.82, 2.24) is 25.4 Å². The van der Waals surface area contributed by atoms with Gasteiger partial charge in [0.05, 0.1) is 24.8 Å². The van der Waals surface area contributed by atoms with Gasteiger partial charge >= 0.3 is 0 Å². The van der Waals surface area contributed by atoms with Crippen molar-refractivity contribution in [3.05, 3.63) is 48.2 Å². The SMILES string of the molecule is Cc1ccccc1-c1cc(N2CCOC[C@H]2C)nc2c(-c3cc[nH]n3)n[nH]c12. The largest absolute Gasteiger partial charge is 0.377 e. The fourth-order valence-corrected chi connectivity index (χ4v) is 3.85. The van der Waals surface area contributed by atoms with Crippen LogP contribution in [0, 0.1) is 6.92 Å². The number of anilines is 1. The van der Waals surface area contributed by atoms with Gasteiger partial charge in [-0.3, -0.25) is 10.2 Å². The highest BCUT2D eigenvalue weighted by Crippen LogP contribution is 2.36. The highest BCUT2D eigenvalue weighted by atomic mass is 16.5. The summed E-state index contributed by atoms with van der Waals surface area (Å²) in [5, 5.41) is 14.9. The summed E-state index contributed by atoms with van der Waals surface area (Å²) in [6, 6.07) is 12.7. The van der Waals surface area contributed by atoms with Gasteiger partial charge < -0.3 is 9.64 Å². The summed E-state index contributed by atoms with van der Waals surface area (Å²) in [6.45, 7) is 6.53. The zero-order chi connectivity index (χ0) is 19.1. The maximum absolute atomic E-state index is 5.62. The summed E-state index contributed by atoms with van der Waals surface area (Å²) in [6.07, 6.45) is 1.80. The third-order valence-corrected chi connectivity index (χ3v) is 5.35. The molecule has 0 radical (unpaired) electrons. The van der Waals surface area contributed by atoms with E-state index in [1.807, 2.05) is 6.07 Å². The average Bonchev–Trinajstić information content (AvgIpc) is 3.37. The van der Waals surface area contributed by atoms with Crippen LogP contribution in [0.2, 0.25) is 0 Å². The Labute approximate surface area is 162 Å². The molecule has 1 aromatic carbocycles. The molecule has 1 fully saturated rings. The van der Waals surface area contributed by atoms with E-state index in [0.29, 0.717) is 13.2 Å². The predicted octanol–water partition coefficient (Wildman–Crippen LogP) is 3.55. The number of benzene rings is 1. The molecule has 1 saturated heterocycles. The molecule has 142 valence electrons. The Morgan fingerprint density at radius 2 is 2.04 bits per heavy atom. The lowest BCUT2D eigenvalue weighted by Gasteiger charge is -2.34. The number of rotatable bonds is 3. The number of hydrogen-bond acceptors (Lipinski definition) is 5. The Bertz CT molecular complexity index is 1120. The molecule has 1 aliphatic heterocycles. The number of aryl methyl sites for hydroxylation is 1. The Morgan fingerprint density at radius 3 is 2.82 bits per heavy atom. The van der Waals surface area contributed by atoms with E-state index in [4.69, 9.17) is 9.72 Å². The molecule has 2 N–H and O–H groups in total. The molecule has 0 saturated carbocycles. The first-order valence-corrected chi connectivity index (χ1v) is 9.52. The van der Waals surface area contributed by atoms with Gasteiger partial charge in [0.25, 0.3) is 0 Å². The van der Waals surface area contributed by atoms with E-state index in [1.54, 1.807) is 6.20 Å². The maximum atomic E-state index is 5.62. The number of hydrogen-bond donors (Lipinski definition) is 2. The number of nitrogens with one attached hydrogen (secondary N) is 2. The van der Waals surface area contributed by atoms with Crippen LogP contribution in [-0.2, 0) is 4.74 Å². The van der Waals surface area contributed by atoms with E-state index in [0.717, 1.165) is 40.3 Å². The Morgan fingerprint density at radius 1 is 1.14 bits per heavy atom. The summed E-state index contributed by atoms with van der Waals surface area (Å²) in [4.78, 5) is 7.32. The first-order valence-electron chi connectivity index (χ1n) is 9.52. The molecule has 1 aliphatic rings. The van der Waals surface area contributed by atoms with Gasteiger partial charge in [-0.15, -0.1) is 0 Å². The molecule has 1 atom stereocenters. The summed E-state index contributed by atoms with van der Waals surface area (Å²) in [7, 11) is 0. The summed E-state index contributed by atoms with van der Waals surface area (Å²) >= 11 is 0. The quantitative estimate of drug-likeness (QED) is 0.573. The lowest BCUT2D eigenvalue weighted by molar-refractivity contribution is 0.0986. The zero-order valence-corrected chi connectivity index (χ0v) is 15.9. The van der Waals surface area contributed by atoms with Crippen LogP contribution in [0.3, 0.4) is 0 Å². The van der Waals surface area contributed by atoms with Gasteiger partial charge in [-0.25, -0.2) is 4.98 Å². The number of nitrogens with zero attached hydrogens (tertiary/aromatic N) is 4. The average molecular weight is 374 g/mol. The Balaban J connectivity index is 1.77. The lowest BCUT2D eigenvalue weighted by atomic mass is 9.99. The highest BCUT2D eigenvalue weighted by Gasteiger charge is 2.24. The molecule has 0 amide bonds. The molecular formula is C21H22N6O. The number of morpholine rings is 1. The van der Waals surface area contributed by atoms with Crippen LogP contribution in [0.4, 0.5) is 5.82 Å². The maximum Gasteiger partial charge on any atom is 0.139 e. The van der Waals surface area contributed by atoms with Crippen LogP contribution < -0.4 is 4.90 Å². The number of aromatic nitrogens is 5. The molecule has 4 aromatic rings. The molecule has 0 spiro atoms. The fourth-order valence-electron chi connectivity index (χ4n) is 3.85. The molecule has 0 bridgehead atoms. The zero-order valence-electron chi connectivity index (χ0n) is 15.9. The van der Waals surface area contributed by atoms with Gasteiger partial charge in [0, 0.05) is 18.3 Å². The van der Waals surface area contributed by atoms with Crippen molar-refractivity contribution in [2.75, 3.05) is 24.7 Å². The van der Waals surface area contributed by atoms with Crippen LogP contribution in [0.1, 0.15) is 12.5 Å². The highest BCUT2D eigenvalue weighted by molar-refractivity contribution is 6.00. The monoisotopic (exact) mass is 374 g/mol. The first kappa shape index (κ1) is 16.9. The van der Waals surface area contributed by atoms with E-state index in [1.165, 1.54) is 11.1 Å². The van der Waals surface area contributed by atoms with Gasteiger partial charge in [-0.05, 0) is 37.1 Å². The second kappa shape index (κ2) is 6.76. The Kier molecular flexibility index (Phi) is 4.09. The third kappa shape index (κ3) is 2.75. The predicted molar refractivity (Wildman–Crippen MR) is 109 cm³/mol. The summed E-state index contributed by atoms with van der Waals surface area (Å²) in [5.74, 6) is 0.944. The number of ether oxygens (including phenoxy) is 1. The van der Waals surface area contributed by atoms with Crippen molar-refractivity contribution in [3.63, 3.8) is 0 Å². The smallest absolute Gasteiger partial charge is 0.139 e. The molecular weight excluding hydrogens is 352 g/mol. The van der Waals surface area contributed by atoms with Crippen molar-refractivity contribution in [1.29, 1.82) is 0 Å². The topological polar surface area (TPSA) is 82.7 Å². The van der Waals surface area contributed by atoms with Gasteiger partial charge in [0.1, 0.15) is 22.7 Å². The van der Waals surface area contributed by atoms with E-state index < -0.39 is 0 Å². The van der Waals surface area contributed by atoms with Crippen molar-refractivity contribution < 1.29 is 4.74 Å². The van der Waals surface area contributed by atoms with Crippen molar-refractivity contribution in [2.24, 2.45) is 0 Å². The third-order valence-electron chi connectivity index (χ3n) is 5.35. The molecule has 4 heterocycles. The lowest BCUT2D eigenvalue weighted by Crippen LogP contribution is -2.44. The fraction of sp³-hybridized carbons (Fsp3) is 0.286. The molecule has 5 rings (SSSR count). The molecule has 0 aliphatic carbocycles. The summed E-state index contributed by atoms with van der Waals surface area (Å²) in [5.41, 5.74) is 6.79. The van der Waals surface area contributed by atoms with Crippen LogP contribution in [0.15, 0.2) is 42.6 Å². The molecule has 7 heteroatoms. The van der Waals surface area contributed by atoms with Crippen LogP contribution in [-0.4, -0.2) is 51.2 Å². The second-order valence-corrected chi connectivity index (χ2v) is 7.22. The second-order valence-electron chi connectivity index (χ2n) is 7.22. The minimum absolute atomic E-state index is 0.268. The van der Waals surface area contributed by atoms with E-state index in [2.05, 4.69) is 69.5 Å². The van der Waals surface area contributed by atoms with E-state index in [9.17, 15) is 0 Å². The van der Waals surface area contributed by atoms with Gasteiger partial charge in [0.15, 0.2) is 0 Å². The molecule has 7 nitrogen and oxygen atoms in total. The van der Waals surface area contributed by atoms with Crippen molar-refractivity contribution in [3.8, 4) is 22.5 Å². The number of H-pyrrole nitrogens is 2. The van der Waals surface area contributed by atoms with Crippen LogP contribution in [0.25, 0.3) is 33.5 Å². The number of aromatic amines is 2.